The fourth-order valence-corrected chi connectivity index (χ4v) is 2.10. The topological polar surface area (TPSA) is 62.0 Å². The molecule has 2 N–H and O–H groups in total. The third-order valence-corrected chi connectivity index (χ3v) is 3.09. The number of aromatic amines is 1. The molecule has 0 unspecified atom stereocenters. The number of fused-ring (bicyclic) bond motifs is 1. The summed E-state index contributed by atoms with van der Waals surface area (Å²) in [6.07, 6.45) is 2.97. The van der Waals surface area contributed by atoms with Crippen molar-refractivity contribution in [3.05, 3.63) is 71.2 Å². The van der Waals surface area contributed by atoms with Gasteiger partial charge in [0.05, 0.1) is 17.0 Å². The minimum Gasteiger partial charge on any atom is -0.378 e. The monoisotopic (exact) mass is 252 g/mol. The predicted molar refractivity (Wildman–Crippen MR) is 70.8 cm³/mol. The van der Waals surface area contributed by atoms with Crippen LogP contribution in [0.5, 0.6) is 0 Å². The highest BCUT2D eigenvalue weighted by Crippen LogP contribution is 2.18. The summed E-state index contributed by atoms with van der Waals surface area (Å²) in [6, 6.07) is 11.3. The maximum Gasteiger partial charge on any atom is 0.225 e. The smallest absolute Gasteiger partial charge is 0.225 e. The molecule has 4 heteroatoms. The Hall–Kier alpha value is -2.62. The van der Waals surface area contributed by atoms with Crippen molar-refractivity contribution < 1.29 is 9.59 Å². The maximum absolute atomic E-state index is 12.1. The van der Waals surface area contributed by atoms with E-state index in [4.69, 9.17) is 0 Å². The zero-order valence-electron chi connectivity index (χ0n) is 10.1. The molecule has 19 heavy (non-hydrogen) atoms. The molecule has 0 atom stereocenters. The van der Waals surface area contributed by atoms with E-state index in [1.807, 2.05) is 30.3 Å². The number of benzene rings is 1. The van der Waals surface area contributed by atoms with E-state index in [2.05, 4.69) is 10.3 Å². The third-order valence-electron chi connectivity index (χ3n) is 3.09. The van der Waals surface area contributed by atoms with Gasteiger partial charge in [0.2, 0.25) is 5.78 Å². The number of ketones is 2. The lowest BCUT2D eigenvalue weighted by molar-refractivity contribution is 0.0975. The lowest BCUT2D eigenvalue weighted by Crippen LogP contribution is -2.26. The Kier molecular flexibility index (Phi) is 2.76. The zero-order chi connectivity index (χ0) is 13.2. The van der Waals surface area contributed by atoms with Gasteiger partial charge in [0.1, 0.15) is 0 Å². The van der Waals surface area contributed by atoms with E-state index in [0.717, 1.165) is 5.56 Å². The molecule has 0 spiro atoms. The fraction of sp³-hybridized carbons (Fsp3) is 0.0667. The molecule has 1 heterocycles. The number of hydrogen-bond acceptors (Lipinski definition) is 3. The molecule has 4 nitrogen and oxygen atoms in total. The summed E-state index contributed by atoms with van der Waals surface area (Å²) in [5, 5.41) is 3.02. The summed E-state index contributed by atoms with van der Waals surface area (Å²) in [4.78, 5) is 26.8. The van der Waals surface area contributed by atoms with Gasteiger partial charge in [-0.05, 0) is 11.6 Å². The number of aromatic nitrogens is 1. The number of Topliss-reactive ketones (excluding diaryl/α,β-unsaturated/α-hetero) is 1. The number of carbonyl (C=O) groups excluding carboxylic acids is 2. The van der Waals surface area contributed by atoms with Gasteiger partial charge in [0.15, 0.2) is 5.78 Å². The van der Waals surface area contributed by atoms with Gasteiger partial charge in [-0.3, -0.25) is 9.59 Å². The van der Waals surface area contributed by atoms with Crippen LogP contribution in [0, 0.1) is 0 Å². The Morgan fingerprint density at radius 2 is 1.84 bits per heavy atom. The van der Waals surface area contributed by atoms with Gasteiger partial charge in [-0.2, -0.15) is 0 Å². The van der Waals surface area contributed by atoms with Crippen LogP contribution in [0.15, 0.2) is 54.4 Å². The Bertz CT molecular complexity index is 668. The van der Waals surface area contributed by atoms with E-state index in [1.54, 1.807) is 12.3 Å². The minimum absolute atomic E-state index is 0.147. The van der Waals surface area contributed by atoms with Crippen molar-refractivity contribution >= 4 is 11.6 Å². The summed E-state index contributed by atoms with van der Waals surface area (Å²) in [5.74, 6) is -0.318. The van der Waals surface area contributed by atoms with E-state index >= 15 is 0 Å². The van der Waals surface area contributed by atoms with E-state index in [1.165, 1.54) is 6.08 Å². The van der Waals surface area contributed by atoms with Crippen LogP contribution in [0.25, 0.3) is 0 Å². The largest absolute Gasteiger partial charge is 0.378 e. The van der Waals surface area contributed by atoms with Crippen LogP contribution < -0.4 is 5.32 Å². The highest BCUT2D eigenvalue weighted by atomic mass is 16.1. The fourth-order valence-electron chi connectivity index (χ4n) is 2.10. The van der Waals surface area contributed by atoms with Gasteiger partial charge >= 0.3 is 0 Å². The molecule has 1 aliphatic rings. The number of hydrogen-bond donors (Lipinski definition) is 2. The van der Waals surface area contributed by atoms with E-state index in [9.17, 15) is 9.59 Å². The van der Waals surface area contributed by atoms with Crippen LogP contribution in [0.3, 0.4) is 0 Å². The molecule has 0 radical (unpaired) electrons. The SMILES string of the molecule is O=C1C=C(NCc2ccccc2)C(=O)c2[nH]ccc21. The molecule has 0 saturated heterocycles. The van der Waals surface area contributed by atoms with E-state index < -0.39 is 0 Å². The maximum atomic E-state index is 12.1. The van der Waals surface area contributed by atoms with Crippen molar-refractivity contribution in [1.82, 2.24) is 10.3 Å². The van der Waals surface area contributed by atoms with E-state index in [-0.39, 0.29) is 11.6 Å². The molecule has 0 aliphatic heterocycles. The molecular formula is C15H12N2O2. The highest BCUT2D eigenvalue weighted by Gasteiger charge is 2.26. The predicted octanol–water partition coefficient (Wildman–Crippen LogP) is 2.07. The standard InChI is InChI=1S/C15H12N2O2/c18-13-8-12(15(19)14-11(13)6-7-16-14)17-9-10-4-2-1-3-5-10/h1-8,16-17H,9H2. The third kappa shape index (κ3) is 2.08. The number of nitrogens with one attached hydrogen (secondary N) is 2. The Morgan fingerprint density at radius 3 is 2.63 bits per heavy atom. The highest BCUT2D eigenvalue weighted by molar-refractivity contribution is 6.23. The second kappa shape index (κ2) is 4.57. The first-order chi connectivity index (χ1) is 9.25. The number of allylic oxidation sites excluding steroid dienone is 2. The second-order valence-corrected chi connectivity index (χ2v) is 4.36. The molecule has 0 amide bonds. The summed E-state index contributed by atoms with van der Waals surface area (Å²) in [7, 11) is 0. The number of carbonyl (C=O) groups is 2. The number of H-pyrrole nitrogens is 1. The molecule has 94 valence electrons. The molecule has 2 aromatic rings. The Balaban J connectivity index is 1.79. The Morgan fingerprint density at radius 1 is 1.05 bits per heavy atom. The molecule has 0 fully saturated rings. The average Bonchev–Trinajstić information content (AvgIpc) is 2.92. The summed E-state index contributed by atoms with van der Waals surface area (Å²) < 4.78 is 0. The van der Waals surface area contributed by atoms with Gasteiger partial charge in [-0.1, -0.05) is 30.3 Å². The lowest BCUT2D eigenvalue weighted by Gasteiger charge is -2.13. The van der Waals surface area contributed by atoms with Gasteiger partial charge in [-0.25, -0.2) is 0 Å². The molecule has 1 aromatic carbocycles. The summed E-state index contributed by atoms with van der Waals surface area (Å²) in [6.45, 7) is 0.516. The molecule has 1 aromatic heterocycles. The van der Waals surface area contributed by atoms with Crippen LogP contribution in [-0.2, 0) is 6.54 Å². The minimum atomic E-state index is -0.171. The molecule has 3 rings (SSSR count). The lowest BCUT2D eigenvalue weighted by atomic mass is 9.99. The van der Waals surface area contributed by atoms with Crippen molar-refractivity contribution in [3.63, 3.8) is 0 Å². The zero-order valence-corrected chi connectivity index (χ0v) is 10.1. The van der Waals surface area contributed by atoms with Gasteiger partial charge in [0.25, 0.3) is 0 Å². The Labute approximate surface area is 110 Å². The van der Waals surface area contributed by atoms with Gasteiger partial charge in [-0.15, -0.1) is 0 Å². The van der Waals surface area contributed by atoms with E-state index in [0.29, 0.717) is 23.5 Å². The first-order valence-electron chi connectivity index (χ1n) is 6.01. The van der Waals surface area contributed by atoms with Crippen LogP contribution in [-0.4, -0.2) is 16.6 Å². The van der Waals surface area contributed by atoms with Gasteiger partial charge in [0, 0.05) is 18.8 Å². The first kappa shape index (κ1) is 11.5. The van der Waals surface area contributed by atoms with Crippen LogP contribution in [0.1, 0.15) is 26.4 Å². The van der Waals surface area contributed by atoms with Crippen LogP contribution in [0.2, 0.25) is 0 Å². The molecular weight excluding hydrogens is 240 g/mol. The quantitative estimate of drug-likeness (QED) is 0.879. The van der Waals surface area contributed by atoms with Crippen molar-refractivity contribution in [2.45, 2.75) is 6.54 Å². The normalized spacial score (nSPS) is 14.0. The number of rotatable bonds is 3. The van der Waals surface area contributed by atoms with Gasteiger partial charge < -0.3 is 10.3 Å². The van der Waals surface area contributed by atoms with Crippen LogP contribution in [0.4, 0.5) is 0 Å². The van der Waals surface area contributed by atoms with Crippen molar-refractivity contribution in [2.75, 3.05) is 0 Å². The first-order valence-corrected chi connectivity index (χ1v) is 6.01. The molecule has 0 saturated carbocycles. The van der Waals surface area contributed by atoms with Crippen molar-refractivity contribution in [2.24, 2.45) is 0 Å². The van der Waals surface area contributed by atoms with Crippen molar-refractivity contribution in [1.29, 1.82) is 0 Å². The van der Waals surface area contributed by atoms with Crippen LogP contribution >= 0.6 is 0 Å². The molecule has 0 bridgehead atoms. The molecule has 1 aliphatic carbocycles. The summed E-state index contributed by atoms with van der Waals surface area (Å²) >= 11 is 0. The summed E-state index contributed by atoms with van der Waals surface area (Å²) in [5.41, 5.74) is 2.20. The average molecular weight is 252 g/mol. The van der Waals surface area contributed by atoms with Crippen molar-refractivity contribution in [3.8, 4) is 0 Å². The second-order valence-electron chi connectivity index (χ2n) is 4.36.